The first-order valence-electron chi connectivity index (χ1n) is 8.71. The predicted molar refractivity (Wildman–Crippen MR) is 115 cm³/mol. The van der Waals surface area contributed by atoms with Gasteiger partial charge in [-0.2, -0.15) is 0 Å². The molecule has 0 amide bonds. The maximum atomic E-state index is 4.76. The zero-order valence-corrected chi connectivity index (χ0v) is 18.7. The number of nitrogens with zero attached hydrogens (tertiary/aromatic N) is 3. The lowest BCUT2D eigenvalue weighted by atomic mass is 10.0. The molecule has 2 N–H and O–H groups in total. The van der Waals surface area contributed by atoms with E-state index in [1.54, 1.807) is 11.3 Å². The second-order valence-electron chi connectivity index (χ2n) is 6.48. The summed E-state index contributed by atoms with van der Waals surface area (Å²) in [6.07, 6.45) is 2.36. The summed E-state index contributed by atoms with van der Waals surface area (Å²) in [6, 6.07) is 1.17. The average Bonchev–Trinajstić information content (AvgIpc) is 2.83. The molecule has 7 heteroatoms. The van der Waals surface area contributed by atoms with Gasteiger partial charge < -0.3 is 15.5 Å². The highest BCUT2D eigenvalue weighted by molar-refractivity contribution is 14.0. The van der Waals surface area contributed by atoms with Crippen molar-refractivity contribution in [1.82, 2.24) is 20.5 Å². The summed E-state index contributed by atoms with van der Waals surface area (Å²) in [7, 11) is 0. The maximum absolute atomic E-state index is 4.76. The molecular weight excluding hydrogens is 433 g/mol. The smallest absolute Gasteiger partial charge is 0.191 e. The Kier molecular flexibility index (Phi) is 9.51. The summed E-state index contributed by atoms with van der Waals surface area (Å²) >= 11 is 1.74. The number of guanidine groups is 1. The van der Waals surface area contributed by atoms with Gasteiger partial charge in [-0.05, 0) is 47.5 Å². The zero-order valence-electron chi connectivity index (χ0n) is 15.6. The zero-order chi connectivity index (χ0) is 16.8. The molecule has 0 aromatic carbocycles. The van der Waals surface area contributed by atoms with Crippen LogP contribution in [0.5, 0.6) is 0 Å². The first kappa shape index (κ1) is 21.6. The minimum Gasteiger partial charge on any atom is -0.357 e. The van der Waals surface area contributed by atoms with Crippen molar-refractivity contribution in [2.24, 2.45) is 4.99 Å². The van der Waals surface area contributed by atoms with E-state index in [0.717, 1.165) is 23.2 Å². The van der Waals surface area contributed by atoms with Crippen molar-refractivity contribution in [2.75, 3.05) is 19.6 Å². The van der Waals surface area contributed by atoms with E-state index in [0.29, 0.717) is 18.6 Å². The summed E-state index contributed by atoms with van der Waals surface area (Å²) < 4.78 is 0. The Morgan fingerprint density at radius 3 is 2.50 bits per heavy atom. The van der Waals surface area contributed by atoms with Crippen LogP contribution < -0.4 is 10.6 Å². The molecule has 0 aliphatic carbocycles. The van der Waals surface area contributed by atoms with Crippen LogP contribution in [-0.4, -0.2) is 47.6 Å². The van der Waals surface area contributed by atoms with E-state index in [-0.39, 0.29) is 24.0 Å². The number of nitrogens with one attached hydrogen (secondary N) is 2. The largest absolute Gasteiger partial charge is 0.357 e. The molecule has 2 rings (SSSR count). The van der Waals surface area contributed by atoms with Crippen LogP contribution in [0.15, 0.2) is 4.99 Å². The number of rotatable bonds is 5. The van der Waals surface area contributed by atoms with Crippen molar-refractivity contribution >= 4 is 41.3 Å². The fourth-order valence-electron chi connectivity index (χ4n) is 2.94. The summed E-state index contributed by atoms with van der Waals surface area (Å²) in [4.78, 5) is 13.0. The molecular formula is C17H32IN5S. The number of hydrogen-bond acceptors (Lipinski definition) is 4. The van der Waals surface area contributed by atoms with Gasteiger partial charge in [0.05, 0.1) is 17.2 Å². The molecule has 5 nitrogen and oxygen atoms in total. The topological polar surface area (TPSA) is 52.6 Å². The van der Waals surface area contributed by atoms with E-state index < -0.39 is 0 Å². The molecule has 0 bridgehead atoms. The third kappa shape index (κ3) is 6.48. The number of halogens is 1. The Morgan fingerprint density at radius 2 is 2.00 bits per heavy atom. The SMILES string of the molecule is CCNC(=NCc1sc(C)nc1C)NC1CCN(C(C)C)CC1.I. The van der Waals surface area contributed by atoms with Crippen LogP contribution in [0, 0.1) is 13.8 Å². The molecule has 0 radical (unpaired) electrons. The summed E-state index contributed by atoms with van der Waals surface area (Å²) in [5.41, 5.74) is 1.11. The number of piperidine rings is 1. The van der Waals surface area contributed by atoms with E-state index in [4.69, 9.17) is 4.99 Å². The first-order chi connectivity index (χ1) is 11.0. The van der Waals surface area contributed by atoms with Gasteiger partial charge in [-0.15, -0.1) is 35.3 Å². The Morgan fingerprint density at radius 1 is 1.33 bits per heavy atom. The molecule has 1 aromatic rings. The van der Waals surface area contributed by atoms with E-state index in [1.807, 2.05) is 0 Å². The minimum atomic E-state index is 0. The minimum absolute atomic E-state index is 0. The van der Waals surface area contributed by atoms with Crippen LogP contribution in [0.25, 0.3) is 0 Å². The molecule has 1 saturated heterocycles. The molecule has 1 aliphatic rings. The van der Waals surface area contributed by atoms with Crippen molar-refractivity contribution in [3.8, 4) is 0 Å². The van der Waals surface area contributed by atoms with Crippen LogP contribution in [-0.2, 0) is 6.54 Å². The lowest BCUT2D eigenvalue weighted by Gasteiger charge is -2.35. The quantitative estimate of drug-likeness (QED) is 0.398. The molecule has 2 heterocycles. The van der Waals surface area contributed by atoms with Crippen LogP contribution in [0.4, 0.5) is 0 Å². The van der Waals surface area contributed by atoms with Crippen molar-refractivity contribution < 1.29 is 0 Å². The van der Waals surface area contributed by atoms with E-state index in [9.17, 15) is 0 Å². The Bertz CT molecular complexity index is 521. The molecule has 1 aromatic heterocycles. The maximum Gasteiger partial charge on any atom is 0.191 e. The van der Waals surface area contributed by atoms with Crippen LogP contribution in [0.3, 0.4) is 0 Å². The molecule has 0 atom stereocenters. The number of likely N-dealkylation sites (tertiary alicyclic amines) is 1. The molecule has 0 spiro atoms. The van der Waals surface area contributed by atoms with Gasteiger partial charge in [0.1, 0.15) is 0 Å². The van der Waals surface area contributed by atoms with Gasteiger partial charge in [-0.3, -0.25) is 0 Å². The number of aliphatic imine (C=N–C) groups is 1. The van der Waals surface area contributed by atoms with E-state index in [2.05, 4.69) is 55.1 Å². The number of aryl methyl sites for hydroxylation is 2. The van der Waals surface area contributed by atoms with Crippen LogP contribution in [0.1, 0.15) is 49.2 Å². The first-order valence-corrected chi connectivity index (χ1v) is 9.53. The van der Waals surface area contributed by atoms with Crippen molar-refractivity contribution in [3.05, 3.63) is 15.6 Å². The molecule has 24 heavy (non-hydrogen) atoms. The highest BCUT2D eigenvalue weighted by Gasteiger charge is 2.21. The Hall–Kier alpha value is -0.410. The molecule has 0 unspecified atom stereocenters. The van der Waals surface area contributed by atoms with Gasteiger partial charge in [0.2, 0.25) is 0 Å². The van der Waals surface area contributed by atoms with Crippen LogP contribution in [0.2, 0.25) is 0 Å². The van der Waals surface area contributed by atoms with Gasteiger partial charge in [-0.1, -0.05) is 0 Å². The third-order valence-corrected chi connectivity index (χ3v) is 5.38. The van der Waals surface area contributed by atoms with Crippen LogP contribution >= 0.6 is 35.3 Å². The number of hydrogen-bond donors (Lipinski definition) is 2. The monoisotopic (exact) mass is 465 g/mol. The molecule has 1 aliphatic heterocycles. The molecule has 1 fully saturated rings. The highest BCUT2D eigenvalue weighted by Crippen LogP contribution is 2.18. The third-order valence-electron chi connectivity index (χ3n) is 4.33. The van der Waals surface area contributed by atoms with Gasteiger partial charge in [0.15, 0.2) is 5.96 Å². The fourth-order valence-corrected chi connectivity index (χ4v) is 3.81. The normalized spacial score (nSPS) is 17.0. The number of aromatic nitrogens is 1. The average molecular weight is 465 g/mol. The van der Waals surface area contributed by atoms with E-state index in [1.165, 1.54) is 30.8 Å². The van der Waals surface area contributed by atoms with Gasteiger partial charge in [-0.25, -0.2) is 9.98 Å². The second kappa shape index (κ2) is 10.6. The summed E-state index contributed by atoms with van der Waals surface area (Å²) in [6.45, 7) is 14.7. The lowest BCUT2D eigenvalue weighted by molar-refractivity contribution is 0.167. The second-order valence-corrected chi connectivity index (χ2v) is 7.77. The highest BCUT2D eigenvalue weighted by atomic mass is 127. The standard InChI is InChI=1S/C17H31N5S.HI/c1-6-18-17(19-11-16-13(4)20-14(5)23-16)21-15-7-9-22(10-8-15)12(2)3;/h12,15H,6-11H2,1-5H3,(H2,18,19,21);1H. The number of thiazole rings is 1. The van der Waals surface area contributed by atoms with Crippen molar-refractivity contribution in [3.63, 3.8) is 0 Å². The molecule has 138 valence electrons. The summed E-state index contributed by atoms with van der Waals surface area (Å²) in [5.74, 6) is 0.931. The summed E-state index contributed by atoms with van der Waals surface area (Å²) in [5, 5.41) is 8.10. The van der Waals surface area contributed by atoms with Gasteiger partial charge in [0.25, 0.3) is 0 Å². The Balaban J connectivity index is 0.00000288. The van der Waals surface area contributed by atoms with Crippen molar-refractivity contribution in [2.45, 2.75) is 66.1 Å². The van der Waals surface area contributed by atoms with Crippen molar-refractivity contribution in [1.29, 1.82) is 0 Å². The van der Waals surface area contributed by atoms with Gasteiger partial charge >= 0.3 is 0 Å². The fraction of sp³-hybridized carbons (Fsp3) is 0.765. The predicted octanol–water partition coefficient (Wildman–Crippen LogP) is 3.31. The van der Waals surface area contributed by atoms with E-state index >= 15 is 0 Å². The molecule has 0 saturated carbocycles. The lowest BCUT2D eigenvalue weighted by Crippen LogP contribution is -2.49. The van der Waals surface area contributed by atoms with Gasteiger partial charge in [0, 0.05) is 36.6 Å². The Labute approximate surface area is 167 Å².